The fourth-order valence-electron chi connectivity index (χ4n) is 2.96. The van der Waals surface area contributed by atoms with E-state index in [1.807, 2.05) is 42.5 Å². The normalized spacial score (nSPS) is 15.7. The van der Waals surface area contributed by atoms with Crippen molar-refractivity contribution in [2.24, 2.45) is 0 Å². The summed E-state index contributed by atoms with van der Waals surface area (Å²) in [7, 11) is 0. The SMILES string of the molecule is O=C(Nc1ccn(-c2ccccc2)n1)N[C@H]1CCOc2c(Cl)cccc21. The van der Waals surface area contributed by atoms with E-state index in [4.69, 9.17) is 16.3 Å². The number of nitrogens with zero attached hydrogens (tertiary/aromatic N) is 2. The zero-order valence-electron chi connectivity index (χ0n) is 13.9. The van der Waals surface area contributed by atoms with Crippen molar-refractivity contribution in [2.75, 3.05) is 11.9 Å². The Labute approximate surface area is 155 Å². The zero-order chi connectivity index (χ0) is 17.9. The molecular weight excluding hydrogens is 352 g/mol. The summed E-state index contributed by atoms with van der Waals surface area (Å²) in [6.07, 6.45) is 2.48. The third kappa shape index (κ3) is 3.36. The predicted molar refractivity (Wildman–Crippen MR) is 100 cm³/mol. The van der Waals surface area contributed by atoms with Gasteiger partial charge in [0, 0.05) is 24.2 Å². The number of fused-ring (bicyclic) bond motifs is 1. The lowest BCUT2D eigenvalue weighted by Crippen LogP contribution is -2.35. The first-order valence-corrected chi connectivity index (χ1v) is 8.68. The average molecular weight is 369 g/mol. The summed E-state index contributed by atoms with van der Waals surface area (Å²) in [5, 5.41) is 10.7. The number of benzene rings is 2. The number of urea groups is 1. The highest BCUT2D eigenvalue weighted by Gasteiger charge is 2.24. The van der Waals surface area contributed by atoms with Crippen molar-refractivity contribution in [2.45, 2.75) is 12.5 Å². The molecule has 1 atom stereocenters. The molecule has 0 saturated carbocycles. The molecule has 132 valence electrons. The molecule has 4 rings (SSSR count). The Morgan fingerprint density at radius 2 is 2.00 bits per heavy atom. The monoisotopic (exact) mass is 368 g/mol. The topological polar surface area (TPSA) is 68.2 Å². The quantitative estimate of drug-likeness (QED) is 0.729. The minimum Gasteiger partial charge on any atom is -0.492 e. The first-order chi connectivity index (χ1) is 12.7. The van der Waals surface area contributed by atoms with E-state index >= 15 is 0 Å². The Hall–Kier alpha value is -2.99. The largest absolute Gasteiger partial charge is 0.492 e. The molecule has 0 aliphatic carbocycles. The van der Waals surface area contributed by atoms with Gasteiger partial charge in [0.2, 0.25) is 0 Å². The maximum atomic E-state index is 12.4. The molecule has 0 fully saturated rings. The van der Waals surface area contributed by atoms with Crippen LogP contribution in [0, 0.1) is 0 Å². The van der Waals surface area contributed by atoms with Crippen LogP contribution in [-0.2, 0) is 0 Å². The van der Waals surface area contributed by atoms with Gasteiger partial charge in [0.1, 0.15) is 5.75 Å². The Morgan fingerprint density at radius 1 is 1.15 bits per heavy atom. The van der Waals surface area contributed by atoms with Crippen molar-refractivity contribution in [1.29, 1.82) is 0 Å². The molecule has 0 saturated heterocycles. The van der Waals surface area contributed by atoms with Crippen LogP contribution in [0.25, 0.3) is 5.69 Å². The van der Waals surface area contributed by atoms with Crippen molar-refractivity contribution in [3.8, 4) is 11.4 Å². The second-order valence-corrected chi connectivity index (χ2v) is 6.33. The number of ether oxygens (including phenoxy) is 1. The first kappa shape index (κ1) is 16.5. The molecular formula is C19H17ClN4O2. The Kier molecular flexibility index (Phi) is 4.50. The van der Waals surface area contributed by atoms with E-state index in [9.17, 15) is 4.79 Å². The molecule has 3 aromatic rings. The summed E-state index contributed by atoms with van der Waals surface area (Å²) in [5.74, 6) is 1.11. The van der Waals surface area contributed by atoms with Crippen LogP contribution in [-0.4, -0.2) is 22.4 Å². The number of aromatic nitrogens is 2. The van der Waals surface area contributed by atoms with Crippen LogP contribution < -0.4 is 15.4 Å². The smallest absolute Gasteiger partial charge is 0.320 e. The molecule has 7 heteroatoms. The number of anilines is 1. The molecule has 2 N–H and O–H groups in total. The number of rotatable bonds is 3. The molecule has 0 radical (unpaired) electrons. The highest BCUT2D eigenvalue weighted by molar-refractivity contribution is 6.32. The number of halogens is 1. The van der Waals surface area contributed by atoms with Crippen molar-refractivity contribution >= 4 is 23.4 Å². The Bertz CT molecular complexity index is 926. The van der Waals surface area contributed by atoms with E-state index in [-0.39, 0.29) is 12.1 Å². The average Bonchev–Trinajstić information content (AvgIpc) is 3.12. The standard InChI is InChI=1S/C19H17ClN4O2/c20-15-8-4-7-14-16(10-12-26-18(14)15)21-19(25)22-17-9-11-24(23-17)13-5-2-1-3-6-13/h1-9,11,16H,10,12H2,(H2,21,22,23,25)/t16-/m0/s1. The fourth-order valence-corrected chi connectivity index (χ4v) is 3.20. The maximum Gasteiger partial charge on any atom is 0.320 e. The van der Waals surface area contributed by atoms with Crippen molar-refractivity contribution in [3.63, 3.8) is 0 Å². The van der Waals surface area contributed by atoms with E-state index in [0.717, 1.165) is 11.3 Å². The molecule has 2 aromatic carbocycles. The molecule has 2 heterocycles. The van der Waals surface area contributed by atoms with Crippen LogP contribution in [0.5, 0.6) is 5.75 Å². The minimum absolute atomic E-state index is 0.159. The molecule has 1 aliphatic heterocycles. The molecule has 2 amide bonds. The number of carbonyl (C=O) groups is 1. The molecule has 1 aliphatic rings. The van der Waals surface area contributed by atoms with Crippen LogP contribution in [0.15, 0.2) is 60.8 Å². The number of carbonyl (C=O) groups excluding carboxylic acids is 1. The van der Waals surface area contributed by atoms with Crippen LogP contribution in [0.3, 0.4) is 0 Å². The van der Waals surface area contributed by atoms with Crippen molar-refractivity contribution in [3.05, 3.63) is 71.4 Å². The number of nitrogens with one attached hydrogen (secondary N) is 2. The summed E-state index contributed by atoms with van der Waals surface area (Å²) in [4.78, 5) is 12.4. The summed E-state index contributed by atoms with van der Waals surface area (Å²) < 4.78 is 7.32. The van der Waals surface area contributed by atoms with Crippen LogP contribution >= 0.6 is 11.6 Å². The molecule has 26 heavy (non-hydrogen) atoms. The number of hydrogen-bond acceptors (Lipinski definition) is 3. The summed E-state index contributed by atoms with van der Waals surface area (Å²) in [5.41, 5.74) is 1.81. The summed E-state index contributed by atoms with van der Waals surface area (Å²) in [6, 6.07) is 16.5. The minimum atomic E-state index is -0.318. The van der Waals surface area contributed by atoms with E-state index in [1.54, 1.807) is 23.0 Å². The van der Waals surface area contributed by atoms with Crippen LogP contribution in [0.2, 0.25) is 5.02 Å². The predicted octanol–water partition coefficient (Wildman–Crippen LogP) is 4.17. The van der Waals surface area contributed by atoms with Gasteiger partial charge in [-0.25, -0.2) is 9.48 Å². The van der Waals surface area contributed by atoms with Crippen LogP contribution in [0.1, 0.15) is 18.0 Å². The molecule has 0 unspecified atom stereocenters. The molecule has 0 bridgehead atoms. The highest BCUT2D eigenvalue weighted by atomic mass is 35.5. The van der Waals surface area contributed by atoms with Gasteiger partial charge in [0.15, 0.2) is 5.82 Å². The molecule has 1 aromatic heterocycles. The first-order valence-electron chi connectivity index (χ1n) is 8.30. The third-order valence-electron chi connectivity index (χ3n) is 4.18. The van der Waals surface area contributed by atoms with Gasteiger partial charge in [-0.1, -0.05) is 41.9 Å². The van der Waals surface area contributed by atoms with Gasteiger partial charge < -0.3 is 10.1 Å². The van der Waals surface area contributed by atoms with E-state index in [1.165, 1.54) is 0 Å². The van der Waals surface area contributed by atoms with E-state index in [0.29, 0.717) is 29.6 Å². The van der Waals surface area contributed by atoms with Gasteiger partial charge in [-0.2, -0.15) is 0 Å². The number of para-hydroxylation sites is 2. The Balaban J connectivity index is 1.44. The van der Waals surface area contributed by atoms with Gasteiger partial charge in [0.25, 0.3) is 0 Å². The lowest BCUT2D eigenvalue weighted by Gasteiger charge is -2.27. The van der Waals surface area contributed by atoms with E-state index < -0.39 is 0 Å². The summed E-state index contributed by atoms with van der Waals surface area (Å²) in [6.45, 7) is 0.504. The number of hydrogen-bond donors (Lipinski definition) is 2. The van der Waals surface area contributed by atoms with Gasteiger partial charge in [0.05, 0.1) is 23.4 Å². The second-order valence-electron chi connectivity index (χ2n) is 5.93. The second kappa shape index (κ2) is 7.09. The highest BCUT2D eigenvalue weighted by Crippen LogP contribution is 2.37. The van der Waals surface area contributed by atoms with Gasteiger partial charge >= 0.3 is 6.03 Å². The van der Waals surface area contributed by atoms with Gasteiger partial charge in [-0.3, -0.25) is 5.32 Å². The lowest BCUT2D eigenvalue weighted by molar-refractivity contribution is 0.232. The van der Waals surface area contributed by atoms with Gasteiger partial charge in [-0.15, -0.1) is 5.10 Å². The Morgan fingerprint density at radius 3 is 2.85 bits per heavy atom. The molecule has 6 nitrogen and oxygen atoms in total. The van der Waals surface area contributed by atoms with Crippen LogP contribution in [0.4, 0.5) is 10.6 Å². The lowest BCUT2D eigenvalue weighted by atomic mass is 10.0. The molecule has 0 spiro atoms. The van der Waals surface area contributed by atoms with Crippen molar-refractivity contribution in [1.82, 2.24) is 15.1 Å². The number of amides is 2. The third-order valence-corrected chi connectivity index (χ3v) is 4.48. The fraction of sp³-hybridized carbons (Fsp3) is 0.158. The zero-order valence-corrected chi connectivity index (χ0v) is 14.6. The van der Waals surface area contributed by atoms with Crippen molar-refractivity contribution < 1.29 is 9.53 Å². The van der Waals surface area contributed by atoms with Gasteiger partial charge in [-0.05, 0) is 18.2 Å². The summed E-state index contributed by atoms with van der Waals surface area (Å²) >= 11 is 6.17. The van der Waals surface area contributed by atoms with E-state index in [2.05, 4.69) is 15.7 Å². The maximum absolute atomic E-state index is 12.4.